The number of amides is 2. The van der Waals surface area contributed by atoms with Crippen molar-refractivity contribution >= 4 is 38.2 Å². The summed E-state index contributed by atoms with van der Waals surface area (Å²) in [7, 11) is -3.34. The molecular formula is C27H27N3O4S. The minimum Gasteiger partial charge on any atom is -0.361 e. The van der Waals surface area contributed by atoms with E-state index in [0.29, 0.717) is 18.5 Å². The van der Waals surface area contributed by atoms with Crippen molar-refractivity contribution in [1.29, 1.82) is 0 Å². The van der Waals surface area contributed by atoms with Crippen LogP contribution < -0.4 is 10.6 Å². The van der Waals surface area contributed by atoms with Crippen molar-refractivity contribution in [2.75, 3.05) is 11.6 Å². The Balaban J connectivity index is 1.50. The molecule has 7 nitrogen and oxygen atoms in total. The third-order valence-corrected chi connectivity index (χ3v) is 6.91. The van der Waals surface area contributed by atoms with E-state index < -0.39 is 15.9 Å². The molecule has 1 aromatic heterocycles. The lowest BCUT2D eigenvalue weighted by atomic mass is 10.0. The number of aryl methyl sites for hydroxylation is 1. The summed E-state index contributed by atoms with van der Waals surface area (Å²) in [6.07, 6.45) is 4.10. The minimum atomic E-state index is -3.34. The smallest absolute Gasteiger partial charge is 0.247 e. The molecule has 0 aliphatic heterocycles. The summed E-state index contributed by atoms with van der Waals surface area (Å²) < 4.78 is 23.4. The number of sulfone groups is 1. The average Bonchev–Trinajstić information content (AvgIpc) is 3.25. The second kappa shape index (κ2) is 10.6. The number of aromatic amines is 1. The predicted molar refractivity (Wildman–Crippen MR) is 137 cm³/mol. The van der Waals surface area contributed by atoms with E-state index in [1.165, 1.54) is 24.3 Å². The fourth-order valence-electron chi connectivity index (χ4n) is 3.91. The summed E-state index contributed by atoms with van der Waals surface area (Å²) in [4.78, 5) is 29.3. The van der Waals surface area contributed by atoms with Crippen LogP contribution in [0.2, 0.25) is 0 Å². The van der Waals surface area contributed by atoms with E-state index in [9.17, 15) is 18.0 Å². The highest BCUT2D eigenvalue weighted by Gasteiger charge is 2.23. The molecule has 0 aliphatic rings. The highest BCUT2D eigenvalue weighted by molar-refractivity contribution is 7.90. The lowest BCUT2D eigenvalue weighted by molar-refractivity contribution is -0.126. The molecule has 2 amide bonds. The van der Waals surface area contributed by atoms with Crippen LogP contribution in [0.15, 0.2) is 90.0 Å². The first-order valence-corrected chi connectivity index (χ1v) is 13.2. The van der Waals surface area contributed by atoms with Crippen LogP contribution in [0.3, 0.4) is 0 Å². The largest absolute Gasteiger partial charge is 0.361 e. The Bertz CT molecular complexity index is 1430. The van der Waals surface area contributed by atoms with Crippen LogP contribution in [0.4, 0.5) is 5.69 Å². The van der Waals surface area contributed by atoms with E-state index in [4.69, 9.17) is 0 Å². The quantitative estimate of drug-likeness (QED) is 0.332. The molecule has 3 N–H and O–H groups in total. The average molecular weight is 490 g/mol. The molecule has 8 heteroatoms. The number of para-hydroxylation sites is 1. The number of rotatable bonds is 9. The Hall–Kier alpha value is -3.91. The predicted octanol–water partition coefficient (Wildman–Crippen LogP) is 3.87. The van der Waals surface area contributed by atoms with Gasteiger partial charge >= 0.3 is 0 Å². The molecule has 1 unspecified atom stereocenters. The number of fused-ring (bicyclic) bond motifs is 1. The van der Waals surface area contributed by atoms with Crippen molar-refractivity contribution in [3.63, 3.8) is 0 Å². The topological polar surface area (TPSA) is 108 Å². The SMILES string of the molecule is CS(=O)(=O)c1ccc(NC(=O)C(Cc2c[nH]c3ccccc23)NC(=O)CCc2ccccc2)cc1. The zero-order valence-corrected chi connectivity index (χ0v) is 20.1. The Labute approximate surface area is 204 Å². The van der Waals surface area contributed by atoms with Crippen molar-refractivity contribution in [1.82, 2.24) is 10.3 Å². The Kier molecular flexibility index (Phi) is 7.31. The number of hydrogen-bond donors (Lipinski definition) is 3. The lowest BCUT2D eigenvalue weighted by Gasteiger charge is -2.19. The number of aromatic nitrogens is 1. The van der Waals surface area contributed by atoms with Crippen LogP contribution in [0, 0.1) is 0 Å². The molecule has 0 saturated carbocycles. The summed E-state index contributed by atoms with van der Waals surface area (Å²) >= 11 is 0. The highest BCUT2D eigenvalue weighted by Crippen LogP contribution is 2.20. The third-order valence-electron chi connectivity index (χ3n) is 5.78. The van der Waals surface area contributed by atoms with Gasteiger partial charge < -0.3 is 15.6 Å². The van der Waals surface area contributed by atoms with E-state index in [1.807, 2.05) is 60.8 Å². The highest BCUT2D eigenvalue weighted by atomic mass is 32.2. The number of hydrogen-bond acceptors (Lipinski definition) is 4. The van der Waals surface area contributed by atoms with Gasteiger partial charge in [0.15, 0.2) is 9.84 Å². The van der Waals surface area contributed by atoms with Gasteiger partial charge in [-0.2, -0.15) is 0 Å². The molecule has 0 bridgehead atoms. The van der Waals surface area contributed by atoms with Gasteiger partial charge in [-0.05, 0) is 47.9 Å². The van der Waals surface area contributed by atoms with Crippen LogP contribution in [0.5, 0.6) is 0 Å². The number of carbonyl (C=O) groups is 2. The molecule has 0 aliphatic carbocycles. The molecule has 0 spiro atoms. The van der Waals surface area contributed by atoms with E-state index >= 15 is 0 Å². The molecule has 1 heterocycles. The molecule has 180 valence electrons. The maximum Gasteiger partial charge on any atom is 0.247 e. The van der Waals surface area contributed by atoms with Crippen molar-refractivity contribution < 1.29 is 18.0 Å². The summed E-state index contributed by atoms with van der Waals surface area (Å²) in [5.74, 6) is -0.600. The zero-order chi connectivity index (χ0) is 24.8. The summed E-state index contributed by atoms with van der Waals surface area (Å²) in [6.45, 7) is 0. The van der Waals surface area contributed by atoms with Gasteiger partial charge in [0.2, 0.25) is 11.8 Å². The molecular weight excluding hydrogens is 462 g/mol. The van der Waals surface area contributed by atoms with E-state index in [-0.39, 0.29) is 23.1 Å². The maximum absolute atomic E-state index is 13.2. The Morgan fingerprint density at radius 2 is 1.60 bits per heavy atom. The van der Waals surface area contributed by atoms with Crippen molar-refractivity contribution in [3.05, 3.63) is 96.2 Å². The third kappa shape index (κ3) is 6.36. The van der Waals surface area contributed by atoms with Crippen LogP contribution in [-0.2, 0) is 32.3 Å². The summed E-state index contributed by atoms with van der Waals surface area (Å²) in [5, 5.41) is 6.67. The molecule has 0 fully saturated rings. The summed E-state index contributed by atoms with van der Waals surface area (Å²) in [5.41, 5.74) is 3.36. The van der Waals surface area contributed by atoms with Gasteiger partial charge in [-0.15, -0.1) is 0 Å². The van der Waals surface area contributed by atoms with Gasteiger partial charge in [0.05, 0.1) is 4.90 Å². The number of H-pyrrole nitrogens is 1. The summed E-state index contributed by atoms with van der Waals surface area (Å²) in [6, 6.07) is 22.6. The van der Waals surface area contributed by atoms with E-state index in [0.717, 1.165) is 28.3 Å². The lowest BCUT2D eigenvalue weighted by Crippen LogP contribution is -2.45. The molecule has 0 radical (unpaired) electrons. The Morgan fingerprint density at radius 1 is 0.914 bits per heavy atom. The van der Waals surface area contributed by atoms with Gasteiger partial charge in [-0.1, -0.05) is 48.5 Å². The van der Waals surface area contributed by atoms with Crippen LogP contribution in [0.25, 0.3) is 10.9 Å². The normalized spacial score (nSPS) is 12.3. The first-order valence-electron chi connectivity index (χ1n) is 11.3. The van der Waals surface area contributed by atoms with Gasteiger partial charge in [0.1, 0.15) is 6.04 Å². The fraction of sp³-hybridized carbons (Fsp3) is 0.185. The molecule has 3 aromatic carbocycles. The number of carbonyl (C=O) groups excluding carboxylic acids is 2. The van der Waals surface area contributed by atoms with Crippen LogP contribution >= 0.6 is 0 Å². The van der Waals surface area contributed by atoms with Crippen molar-refractivity contribution in [3.8, 4) is 0 Å². The monoisotopic (exact) mass is 489 g/mol. The number of benzene rings is 3. The maximum atomic E-state index is 13.2. The molecule has 4 rings (SSSR count). The van der Waals surface area contributed by atoms with Crippen molar-refractivity contribution in [2.24, 2.45) is 0 Å². The van der Waals surface area contributed by atoms with Crippen molar-refractivity contribution in [2.45, 2.75) is 30.2 Å². The van der Waals surface area contributed by atoms with Gasteiger partial charge in [0, 0.05) is 41.9 Å². The molecule has 0 saturated heterocycles. The minimum absolute atomic E-state index is 0.167. The number of anilines is 1. The van der Waals surface area contributed by atoms with Crippen LogP contribution in [-0.4, -0.2) is 37.5 Å². The molecule has 35 heavy (non-hydrogen) atoms. The van der Waals surface area contributed by atoms with Gasteiger partial charge in [0.25, 0.3) is 0 Å². The molecule has 4 aromatic rings. The second-order valence-electron chi connectivity index (χ2n) is 8.46. The van der Waals surface area contributed by atoms with E-state index in [1.54, 1.807) is 0 Å². The number of nitrogens with one attached hydrogen (secondary N) is 3. The molecule has 1 atom stereocenters. The first kappa shape index (κ1) is 24.2. The Morgan fingerprint density at radius 3 is 2.31 bits per heavy atom. The van der Waals surface area contributed by atoms with Crippen LogP contribution in [0.1, 0.15) is 17.5 Å². The van der Waals surface area contributed by atoms with Gasteiger partial charge in [-0.25, -0.2) is 8.42 Å². The van der Waals surface area contributed by atoms with Gasteiger partial charge in [-0.3, -0.25) is 9.59 Å². The standard InChI is InChI=1S/C27H27N3O4S/c1-35(33,34)22-14-12-21(13-15-22)29-27(32)25(17-20-18-28-24-10-6-5-9-23(20)24)30-26(31)16-11-19-7-3-2-4-8-19/h2-10,12-15,18,25,28H,11,16-17H2,1H3,(H,29,32)(H,30,31). The van der Waals surface area contributed by atoms with E-state index in [2.05, 4.69) is 15.6 Å². The fourth-order valence-corrected chi connectivity index (χ4v) is 4.54. The second-order valence-corrected chi connectivity index (χ2v) is 10.5. The first-order chi connectivity index (χ1) is 16.8. The zero-order valence-electron chi connectivity index (χ0n) is 19.3.